The normalized spacial score (nSPS) is 15.4. The fraction of sp³-hybridized carbons (Fsp3) is 0.571. The molecular weight excluding hydrogens is 201 g/mol. The Bertz CT molecular complexity index is 345. The van der Waals surface area contributed by atoms with Crippen molar-refractivity contribution >= 4 is 0 Å². The Labute approximate surface area is 97.1 Å². The molecule has 1 aromatic carbocycles. The Balaban J connectivity index is 1.92. The van der Waals surface area contributed by atoms with E-state index in [2.05, 4.69) is 18.3 Å². The molecule has 0 unspecified atom stereocenters. The number of hydrogen-bond donors (Lipinski definition) is 1. The zero-order valence-corrected chi connectivity index (χ0v) is 9.93. The van der Waals surface area contributed by atoms with Gasteiger partial charge in [0.05, 0.1) is 0 Å². The van der Waals surface area contributed by atoms with Crippen molar-refractivity contribution in [3.63, 3.8) is 0 Å². The number of halogens is 1. The van der Waals surface area contributed by atoms with Gasteiger partial charge < -0.3 is 5.32 Å². The van der Waals surface area contributed by atoms with E-state index in [9.17, 15) is 4.39 Å². The van der Waals surface area contributed by atoms with Crippen LogP contribution >= 0.6 is 0 Å². The lowest BCUT2D eigenvalue weighted by Crippen LogP contribution is -2.16. The summed E-state index contributed by atoms with van der Waals surface area (Å²) in [5, 5.41) is 3.34. The quantitative estimate of drug-likeness (QED) is 0.776. The number of rotatable bonds is 6. The summed E-state index contributed by atoms with van der Waals surface area (Å²) in [5.74, 6) is -0.0539. The Kier molecular flexibility index (Phi) is 3.94. The summed E-state index contributed by atoms with van der Waals surface area (Å²) in [5.41, 5.74) is 1.92. The van der Waals surface area contributed by atoms with Crippen molar-refractivity contribution in [2.75, 3.05) is 0 Å². The topological polar surface area (TPSA) is 12.0 Å². The maximum atomic E-state index is 13.7. The van der Waals surface area contributed by atoms with E-state index in [1.807, 2.05) is 6.07 Å². The van der Waals surface area contributed by atoms with Crippen LogP contribution in [0.3, 0.4) is 0 Å². The Morgan fingerprint density at radius 1 is 1.38 bits per heavy atom. The molecule has 16 heavy (non-hydrogen) atoms. The van der Waals surface area contributed by atoms with Gasteiger partial charge in [-0.05, 0) is 37.3 Å². The molecule has 0 atom stereocenters. The fourth-order valence-corrected chi connectivity index (χ4v) is 1.81. The second-order valence-electron chi connectivity index (χ2n) is 4.68. The van der Waals surface area contributed by atoms with Gasteiger partial charge in [-0.3, -0.25) is 0 Å². The minimum absolute atomic E-state index is 0.0539. The van der Waals surface area contributed by atoms with Gasteiger partial charge in [0.1, 0.15) is 5.82 Å². The molecule has 1 N–H and O–H groups in total. The predicted octanol–water partition coefficient (Wildman–Crippen LogP) is 3.42. The van der Waals surface area contributed by atoms with Crippen molar-refractivity contribution in [2.45, 2.75) is 51.6 Å². The first-order valence-corrected chi connectivity index (χ1v) is 6.30. The van der Waals surface area contributed by atoms with Crippen molar-refractivity contribution in [3.05, 3.63) is 35.1 Å². The second-order valence-corrected chi connectivity index (χ2v) is 4.68. The lowest BCUT2D eigenvalue weighted by atomic mass is 10.1. The van der Waals surface area contributed by atoms with Crippen LogP contribution in [0.2, 0.25) is 0 Å². The zero-order valence-electron chi connectivity index (χ0n) is 9.93. The Morgan fingerprint density at radius 2 is 2.19 bits per heavy atom. The molecule has 0 aliphatic heterocycles. The summed E-state index contributed by atoms with van der Waals surface area (Å²) in [6, 6.07) is 6.32. The summed E-state index contributed by atoms with van der Waals surface area (Å²) in [4.78, 5) is 0. The second kappa shape index (κ2) is 5.44. The maximum absolute atomic E-state index is 13.7. The molecule has 0 amide bonds. The lowest BCUT2D eigenvalue weighted by molar-refractivity contribution is 0.584. The van der Waals surface area contributed by atoms with Crippen molar-refractivity contribution in [1.82, 2.24) is 5.32 Å². The summed E-state index contributed by atoms with van der Waals surface area (Å²) in [6.45, 7) is 2.83. The van der Waals surface area contributed by atoms with E-state index < -0.39 is 0 Å². The van der Waals surface area contributed by atoms with Gasteiger partial charge in [0.2, 0.25) is 0 Å². The number of nitrogens with one attached hydrogen (secondary N) is 1. The molecule has 1 saturated carbocycles. The molecule has 0 spiro atoms. The largest absolute Gasteiger partial charge is 0.310 e. The molecule has 1 aliphatic carbocycles. The molecule has 1 fully saturated rings. The monoisotopic (exact) mass is 221 g/mol. The third-order valence-electron chi connectivity index (χ3n) is 3.10. The highest BCUT2D eigenvalue weighted by Gasteiger charge is 2.20. The number of unbranched alkanes of at least 4 members (excludes halogenated alkanes) is 1. The molecule has 2 heteroatoms. The highest BCUT2D eigenvalue weighted by Crippen LogP contribution is 2.20. The molecule has 0 saturated heterocycles. The third-order valence-corrected chi connectivity index (χ3v) is 3.10. The van der Waals surface area contributed by atoms with Crippen LogP contribution in [0.5, 0.6) is 0 Å². The average molecular weight is 221 g/mol. The molecule has 0 aromatic heterocycles. The van der Waals surface area contributed by atoms with Gasteiger partial charge in [0.25, 0.3) is 0 Å². The van der Waals surface area contributed by atoms with Crippen LogP contribution in [0.4, 0.5) is 4.39 Å². The summed E-state index contributed by atoms with van der Waals surface area (Å²) in [6.07, 6.45) is 5.78. The minimum atomic E-state index is -0.0539. The van der Waals surface area contributed by atoms with Crippen LogP contribution in [0.1, 0.15) is 43.7 Å². The van der Waals surface area contributed by atoms with Gasteiger partial charge in [-0.15, -0.1) is 0 Å². The number of aryl methyl sites for hydroxylation is 1. The van der Waals surface area contributed by atoms with Crippen molar-refractivity contribution in [2.24, 2.45) is 0 Å². The number of hydrogen-bond acceptors (Lipinski definition) is 1. The van der Waals surface area contributed by atoms with E-state index in [0.29, 0.717) is 12.6 Å². The van der Waals surface area contributed by atoms with Crippen LogP contribution in [-0.4, -0.2) is 6.04 Å². The first-order chi connectivity index (χ1) is 7.79. The van der Waals surface area contributed by atoms with Crippen molar-refractivity contribution < 1.29 is 4.39 Å². The molecule has 1 nitrogen and oxygen atoms in total. The fourth-order valence-electron chi connectivity index (χ4n) is 1.81. The van der Waals surface area contributed by atoms with Crippen LogP contribution in [-0.2, 0) is 13.0 Å². The predicted molar refractivity (Wildman–Crippen MR) is 64.9 cm³/mol. The van der Waals surface area contributed by atoms with Crippen LogP contribution in [0.25, 0.3) is 0 Å². The maximum Gasteiger partial charge on any atom is 0.127 e. The molecular formula is C14H20FN. The van der Waals surface area contributed by atoms with Gasteiger partial charge >= 0.3 is 0 Å². The standard InChI is InChI=1S/C14H20FN/c1-2-3-4-11-5-6-12(14(15)9-11)10-16-13-7-8-13/h5-6,9,13,16H,2-4,7-8,10H2,1H3. The lowest BCUT2D eigenvalue weighted by Gasteiger charge is -2.07. The van der Waals surface area contributed by atoms with E-state index in [1.165, 1.54) is 12.8 Å². The zero-order chi connectivity index (χ0) is 11.4. The average Bonchev–Trinajstić information content (AvgIpc) is 3.09. The van der Waals surface area contributed by atoms with E-state index in [-0.39, 0.29) is 5.82 Å². The smallest absolute Gasteiger partial charge is 0.127 e. The molecule has 2 rings (SSSR count). The highest BCUT2D eigenvalue weighted by molar-refractivity contribution is 5.24. The van der Waals surface area contributed by atoms with Crippen molar-refractivity contribution in [1.29, 1.82) is 0 Å². The summed E-state index contributed by atoms with van der Waals surface area (Å²) in [7, 11) is 0. The molecule has 0 heterocycles. The summed E-state index contributed by atoms with van der Waals surface area (Å²) < 4.78 is 13.7. The van der Waals surface area contributed by atoms with Crippen molar-refractivity contribution in [3.8, 4) is 0 Å². The van der Waals surface area contributed by atoms with Gasteiger partial charge in [-0.2, -0.15) is 0 Å². The highest BCUT2D eigenvalue weighted by atomic mass is 19.1. The van der Waals surface area contributed by atoms with Gasteiger partial charge in [-0.25, -0.2) is 4.39 Å². The molecule has 88 valence electrons. The first kappa shape index (κ1) is 11.6. The van der Waals surface area contributed by atoms with Gasteiger partial charge in [0.15, 0.2) is 0 Å². The van der Waals surface area contributed by atoms with E-state index in [1.54, 1.807) is 6.07 Å². The van der Waals surface area contributed by atoms with E-state index >= 15 is 0 Å². The molecule has 1 aromatic rings. The van der Waals surface area contributed by atoms with E-state index in [0.717, 1.165) is 30.4 Å². The minimum Gasteiger partial charge on any atom is -0.310 e. The molecule has 0 radical (unpaired) electrons. The first-order valence-electron chi connectivity index (χ1n) is 6.30. The van der Waals surface area contributed by atoms with E-state index in [4.69, 9.17) is 0 Å². The Hall–Kier alpha value is -0.890. The summed E-state index contributed by atoms with van der Waals surface area (Å²) >= 11 is 0. The number of benzene rings is 1. The van der Waals surface area contributed by atoms with Gasteiger partial charge in [-0.1, -0.05) is 25.5 Å². The van der Waals surface area contributed by atoms with Crippen LogP contribution in [0, 0.1) is 5.82 Å². The third kappa shape index (κ3) is 3.31. The van der Waals surface area contributed by atoms with Crippen LogP contribution < -0.4 is 5.32 Å². The van der Waals surface area contributed by atoms with Crippen LogP contribution in [0.15, 0.2) is 18.2 Å². The van der Waals surface area contributed by atoms with Gasteiger partial charge in [0, 0.05) is 18.2 Å². The molecule has 0 bridgehead atoms. The SMILES string of the molecule is CCCCc1ccc(CNC2CC2)c(F)c1. The molecule has 1 aliphatic rings. The Morgan fingerprint density at radius 3 is 2.81 bits per heavy atom.